The van der Waals surface area contributed by atoms with E-state index in [0.717, 1.165) is 24.1 Å². The van der Waals surface area contributed by atoms with Gasteiger partial charge in [0.2, 0.25) is 0 Å². The summed E-state index contributed by atoms with van der Waals surface area (Å²) in [5.74, 6) is 1.22. The van der Waals surface area contributed by atoms with Crippen molar-refractivity contribution in [1.29, 1.82) is 0 Å². The van der Waals surface area contributed by atoms with Crippen LogP contribution in [-0.2, 0) is 6.42 Å². The van der Waals surface area contributed by atoms with Crippen molar-refractivity contribution in [3.8, 4) is 17.2 Å². The molecule has 6 heteroatoms. The van der Waals surface area contributed by atoms with Crippen molar-refractivity contribution in [2.45, 2.75) is 12.5 Å². The molecule has 0 saturated carbocycles. The van der Waals surface area contributed by atoms with E-state index in [1.807, 2.05) is 17.4 Å². The normalized spacial score (nSPS) is 16.3. The molecule has 0 spiro atoms. The molecule has 1 aliphatic rings. The summed E-state index contributed by atoms with van der Waals surface area (Å²) in [7, 11) is 3.17. The highest BCUT2D eigenvalue weighted by molar-refractivity contribution is 5.84. The Bertz CT molecular complexity index is 1040. The van der Waals surface area contributed by atoms with Crippen LogP contribution in [0.5, 0.6) is 17.2 Å². The van der Waals surface area contributed by atoms with E-state index in [0.29, 0.717) is 22.5 Å². The van der Waals surface area contributed by atoms with E-state index in [2.05, 4.69) is 0 Å². The second kappa shape index (κ2) is 6.38. The van der Waals surface area contributed by atoms with Crippen molar-refractivity contribution in [3.05, 3.63) is 63.5 Å². The SMILES string of the molecule is COc1cc2c(cc1OC)[C@@H](c1c(O)c3ccccc3oc1=O)[NH2+]CC2. The molecule has 1 atom stereocenters. The van der Waals surface area contributed by atoms with Crippen LogP contribution < -0.4 is 20.4 Å². The van der Waals surface area contributed by atoms with Crippen LogP contribution in [0.2, 0.25) is 0 Å². The van der Waals surface area contributed by atoms with E-state index in [1.54, 1.807) is 38.5 Å². The summed E-state index contributed by atoms with van der Waals surface area (Å²) in [6.07, 6.45) is 0.839. The molecule has 0 amide bonds. The predicted octanol–water partition coefficient (Wildman–Crippen LogP) is 1.72. The number of hydrogen-bond donors (Lipinski definition) is 2. The van der Waals surface area contributed by atoms with Crippen LogP contribution in [0.4, 0.5) is 0 Å². The molecule has 0 bridgehead atoms. The highest BCUT2D eigenvalue weighted by Gasteiger charge is 2.33. The fraction of sp³-hybridized carbons (Fsp3) is 0.250. The molecule has 4 rings (SSSR count). The van der Waals surface area contributed by atoms with Gasteiger partial charge in [-0.3, -0.25) is 0 Å². The molecule has 0 unspecified atom stereocenters. The van der Waals surface area contributed by atoms with Crippen LogP contribution in [-0.4, -0.2) is 25.9 Å². The lowest BCUT2D eigenvalue weighted by Gasteiger charge is -2.25. The number of ether oxygens (including phenoxy) is 2. The molecule has 134 valence electrons. The summed E-state index contributed by atoms with van der Waals surface area (Å²) in [6, 6.07) is 10.4. The first-order chi connectivity index (χ1) is 12.6. The molecule has 0 saturated heterocycles. The molecule has 3 aromatic rings. The minimum absolute atomic E-state index is 0.0271. The molecule has 0 aliphatic carbocycles. The standard InChI is InChI=1S/C20H19NO5/c1-24-15-9-11-7-8-21-18(13(11)10-16(15)25-2)17-19(22)12-5-3-4-6-14(12)26-20(17)23/h3-6,9-10,18,21-22H,7-8H2,1-2H3/p+1/t18-/m0/s1. The monoisotopic (exact) mass is 354 g/mol. The first-order valence-corrected chi connectivity index (χ1v) is 8.47. The Hall–Kier alpha value is -2.99. The molecule has 0 radical (unpaired) electrons. The lowest BCUT2D eigenvalue weighted by Crippen LogP contribution is -2.87. The summed E-state index contributed by atoms with van der Waals surface area (Å²) >= 11 is 0. The van der Waals surface area contributed by atoms with Crippen molar-refractivity contribution in [3.63, 3.8) is 0 Å². The van der Waals surface area contributed by atoms with E-state index in [4.69, 9.17) is 13.9 Å². The van der Waals surface area contributed by atoms with Gasteiger partial charge < -0.3 is 24.3 Å². The Morgan fingerprint density at radius 2 is 1.88 bits per heavy atom. The summed E-state index contributed by atoms with van der Waals surface area (Å²) in [5.41, 5.74) is 2.11. The topological polar surface area (TPSA) is 85.5 Å². The van der Waals surface area contributed by atoms with Crippen molar-refractivity contribution >= 4 is 11.0 Å². The maximum Gasteiger partial charge on any atom is 0.349 e. The fourth-order valence-electron chi connectivity index (χ4n) is 3.67. The summed E-state index contributed by atoms with van der Waals surface area (Å²) in [6.45, 7) is 0.791. The largest absolute Gasteiger partial charge is 0.506 e. The minimum atomic E-state index is -0.523. The quantitative estimate of drug-likeness (QED) is 0.700. The third-order valence-corrected chi connectivity index (χ3v) is 4.93. The zero-order chi connectivity index (χ0) is 18.3. The highest BCUT2D eigenvalue weighted by Crippen LogP contribution is 2.38. The average Bonchev–Trinajstić information content (AvgIpc) is 2.67. The molecule has 1 aromatic heterocycles. The predicted molar refractivity (Wildman–Crippen MR) is 96.0 cm³/mol. The smallest absolute Gasteiger partial charge is 0.349 e. The van der Waals surface area contributed by atoms with Crippen LogP contribution in [0.15, 0.2) is 45.6 Å². The van der Waals surface area contributed by atoms with Gasteiger partial charge in [0, 0.05) is 12.0 Å². The third-order valence-electron chi connectivity index (χ3n) is 4.93. The first kappa shape index (κ1) is 16.5. The van der Waals surface area contributed by atoms with Gasteiger partial charge in [-0.15, -0.1) is 0 Å². The minimum Gasteiger partial charge on any atom is -0.506 e. The highest BCUT2D eigenvalue weighted by atomic mass is 16.5. The third kappa shape index (κ3) is 2.50. The van der Waals surface area contributed by atoms with Gasteiger partial charge in [0.25, 0.3) is 0 Å². The molecule has 1 aliphatic heterocycles. The number of nitrogens with two attached hydrogens (primary N) is 1. The van der Waals surface area contributed by atoms with E-state index in [1.165, 1.54) is 0 Å². The van der Waals surface area contributed by atoms with Crippen LogP contribution in [0.1, 0.15) is 22.7 Å². The number of aromatic hydroxyl groups is 1. The Morgan fingerprint density at radius 3 is 2.65 bits per heavy atom. The maximum atomic E-state index is 12.6. The van der Waals surface area contributed by atoms with E-state index in [9.17, 15) is 9.90 Å². The number of methoxy groups -OCH3 is 2. The van der Waals surface area contributed by atoms with Gasteiger partial charge in [0.05, 0.1) is 26.2 Å². The van der Waals surface area contributed by atoms with Crippen molar-refractivity contribution in [1.82, 2.24) is 0 Å². The Kier molecular flexibility index (Phi) is 4.05. The van der Waals surface area contributed by atoms with E-state index >= 15 is 0 Å². The first-order valence-electron chi connectivity index (χ1n) is 8.47. The van der Waals surface area contributed by atoms with Gasteiger partial charge in [-0.2, -0.15) is 0 Å². The van der Waals surface area contributed by atoms with Crippen LogP contribution in [0.25, 0.3) is 11.0 Å². The number of rotatable bonds is 3. The molecule has 6 nitrogen and oxygen atoms in total. The average molecular weight is 354 g/mol. The molecular formula is C20H20NO5+. The zero-order valence-corrected chi connectivity index (χ0v) is 14.6. The fourth-order valence-corrected chi connectivity index (χ4v) is 3.67. The van der Waals surface area contributed by atoms with Gasteiger partial charge >= 0.3 is 5.63 Å². The Labute approximate surface area is 150 Å². The second-order valence-corrected chi connectivity index (χ2v) is 6.31. The van der Waals surface area contributed by atoms with Crippen LogP contribution in [0.3, 0.4) is 0 Å². The molecule has 3 N–H and O–H groups in total. The number of fused-ring (bicyclic) bond motifs is 2. The van der Waals surface area contributed by atoms with Gasteiger partial charge in [0.1, 0.15) is 22.9 Å². The molecule has 26 heavy (non-hydrogen) atoms. The molecule has 2 aromatic carbocycles. The lowest BCUT2D eigenvalue weighted by molar-refractivity contribution is -0.690. The molecular weight excluding hydrogens is 334 g/mol. The maximum absolute atomic E-state index is 12.6. The van der Waals surface area contributed by atoms with Gasteiger partial charge in [0.15, 0.2) is 11.5 Å². The summed E-state index contributed by atoms with van der Waals surface area (Å²) in [5, 5.41) is 13.4. The van der Waals surface area contributed by atoms with Gasteiger partial charge in [-0.05, 0) is 29.8 Å². The zero-order valence-electron chi connectivity index (χ0n) is 14.6. The Morgan fingerprint density at radius 1 is 1.15 bits per heavy atom. The Balaban J connectivity index is 1.94. The van der Waals surface area contributed by atoms with Crippen molar-refractivity contribution in [2.75, 3.05) is 20.8 Å². The lowest BCUT2D eigenvalue weighted by atomic mass is 9.89. The number of para-hydroxylation sites is 1. The van der Waals surface area contributed by atoms with E-state index in [-0.39, 0.29) is 17.4 Å². The number of benzene rings is 2. The second-order valence-electron chi connectivity index (χ2n) is 6.31. The summed E-state index contributed by atoms with van der Waals surface area (Å²) in [4.78, 5) is 12.6. The van der Waals surface area contributed by atoms with Gasteiger partial charge in [-0.25, -0.2) is 4.79 Å². The van der Waals surface area contributed by atoms with Crippen molar-refractivity contribution in [2.24, 2.45) is 0 Å². The van der Waals surface area contributed by atoms with Crippen molar-refractivity contribution < 1.29 is 24.3 Å². The van der Waals surface area contributed by atoms with Crippen LogP contribution in [0, 0.1) is 0 Å². The number of quaternary nitrogens is 1. The summed E-state index contributed by atoms with van der Waals surface area (Å²) < 4.78 is 16.2. The molecule has 0 fully saturated rings. The molecule has 2 heterocycles. The van der Waals surface area contributed by atoms with Gasteiger partial charge in [-0.1, -0.05) is 12.1 Å². The number of hydrogen-bond acceptors (Lipinski definition) is 5. The van der Waals surface area contributed by atoms with Crippen LogP contribution >= 0.6 is 0 Å². The van der Waals surface area contributed by atoms with E-state index < -0.39 is 5.63 Å².